The van der Waals surface area contributed by atoms with Gasteiger partial charge in [0.05, 0.1) is 17.3 Å². The molecule has 0 bridgehead atoms. The molecule has 5 nitrogen and oxygen atoms in total. The van der Waals surface area contributed by atoms with Gasteiger partial charge in [0.25, 0.3) is 0 Å². The van der Waals surface area contributed by atoms with E-state index in [0.717, 1.165) is 40.8 Å². The highest BCUT2D eigenvalue weighted by Gasteiger charge is 2.18. The molecule has 1 N–H and O–H groups in total. The van der Waals surface area contributed by atoms with E-state index in [1.54, 1.807) is 0 Å². The summed E-state index contributed by atoms with van der Waals surface area (Å²) in [5.74, 6) is 0.854. The number of hydrogen-bond acceptors (Lipinski definition) is 4. The van der Waals surface area contributed by atoms with Crippen LogP contribution in [-0.2, 0) is 24.2 Å². The third-order valence-corrected chi connectivity index (χ3v) is 6.91. The van der Waals surface area contributed by atoms with E-state index in [1.807, 2.05) is 53.1 Å². The van der Waals surface area contributed by atoms with Crippen molar-refractivity contribution >= 4 is 35.0 Å². The summed E-state index contributed by atoms with van der Waals surface area (Å²) in [6.45, 7) is 4.78. The van der Waals surface area contributed by atoms with E-state index in [9.17, 15) is 4.79 Å². The van der Waals surface area contributed by atoms with Gasteiger partial charge in [-0.05, 0) is 41.7 Å². The van der Waals surface area contributed by atoms with E-state index in [4.69, 9.17) is 11.6 Å². The van der Waals surface area contributed by atoms with E-state index < -0.39 is 0 Å². The van der Waals surface area contributed by atoms with Crippen molar-refractivity contribution in [2.45, 2.75) is 38.4 Å². The lowest BCUT2D eigenvalue weighted by Crippen LogP contribution is -2.17. The topological polar surface area (TPSA) is 59.8 Å². The highest BCUT2D eigenvalue weighted by atomic mass is 35.5. The van der Waals surface area contributed by atoms with Gasteiger partial charge in [0, 0.05) is 11.3 Å². The van der Waals surface area contributed by atoms with Gasteiger partial charge in [0.2, 0.25) is 5.91 Å². The molecule has 1 heterocycles. The normalized spacial score (nSPS) is 10.9. The fraction of sp³-hybridized carbons (Fsp3) is 0.222. The first-order valence-electron chi connectivity index (χ1n) is 11.4. The number of hydrogen-bond donors (Lipinski definition) is 1. The number of benzene rings is 3. The predicted octanol–water partition coefficient (Wildman–Crippen LogP) is 6.50. The van der Waals surface area contributed by atoms with Crippen molar-refractivity contribution in [2.75, 3.05) is 11.1 Å². The molecule has 0 saturated carbocycles. The third kappa shape index (κ3) is 5.51. The quantitative estimate of drug-likeness (QED) is 0.272. The summed E-state index contributed by atoms with van der Waals surface area (Å²) in [6, 6.07) is 23.9. The summed E-state index contributed by atoms with van der Waals surface area (Å²) in [6.07, 6.45) is 1.73. The van der Waals surface area contributed by atoms with Gasteiger partial charge in [0.1, 0.15) is 0 Å². The SMILES string of the molecule is CCc1cccc(CC)c1NC(=O)CSc1nnc(-c2ccccc2Cl)n1Cc1ccccc1. The zero-order valence-corrected chi connectivity index (χ0v) is 20.9. The van der Waals surface area contributed by atoms with Gasteiger partial charge in [-0.1, -0.05) is 97.9 Å². The number of para-hydroxylation sites is 1. The molecule has 7 heteroatoms. The molecule has 0 saturated heterocycles. The van der Waals surface area contributed by atoms with Gasteiger partial charge >= 0.3 is 0 Å². The molecule has 0 spiro atoms. The van der Waals surface area contributed by atoms with Crippen LogP contribution in [-0.4, -0.2) is 26.4 Å². The van der Waals surface area contributed by atoms with Crippen molar-refractivity contribution in [2.24, 2.45) is 0 Å². The summed E-state index contributed by atoms with van der Waals surface area (Å²) in [5, 5.41) is 13.3. The molecule has 3 aromatic carbocycles. The Morgan fingerprint density at radius 3 is 2.26 bits per heavy atom. The van der Waals surface area contributed by atoms with Gasteiger partial charge in [-0.15, -0.1) is 10.2 Å². The second-order valence-electron chi connectivity index (χ2n) is 7.85. The molecule has 174 valence electrons. The first-order chi connectivity index (χ1) is 16.6. The van der Waals surface area contributed by atoms with Gasteiger partial charge in [-0.2, -0.15) is 0 Å². The minimum atomic E-state index is -0.0610. The number of aryl methyl sites for hydroxylation is 2. The monoisotopic (exact) mass is 490 g/mol. The third-order valence-electron chi connectivity index (χ3n) is 5.61. The molecule has 0 aliphatic heterocycles. The molecule has 1 amide bonds. The molecule has 4 rings (SSSR count). The fourth-order valence-electron chi connectivity index (χ4n) is 3.85. The molecule has 0 radical (unpaired) electrons. The largest absolute Gasteiger partial charge is 0.325 e. The number of rotatable bonds is 9. The summed E-state index contributed by atoms with van der Waals surface area (Å²) < 4.78 is 2.02. The molecule has 0 unspecified atom stereocenters. The number of carbonyl (C=O) groups is 1. The van der Waals surface area contributed by atoms with Crippen LogP contribution in [0, 0.1) is 0 Å². The smallest absolute Gasteiger partial charge is 0.234 e. The van der Waals surface area contributed by atoms with Crippen LogP contribution < -0.4 is 5.32 Å². The molecular weight excluding hydrogens is 464 g/mol. The van der Waals surface area contributed by atoms with E-state index in [2.05, 4.69) is 53.6 Å². The number of anilines is 1. The number of nitrogens with one attached hydrogen (secondary N) is 1. The maximum Gasteiger partial charge on any atom is 0.234 e. The lowest BCUT2D eigenvalue weighted by atomic mass is 10.0. The zero-order chi connectivity index (χ0) is 23.9. The minimum absolute atomic E-state index is 0.0610. The second-order valence-corrected chi connectivity index (χ2v) is 9.20. The molecular formula is C27H27ClN4OS. The molecule has 0 aliphatic carbocycles. The van der Waals surface area contributed by atoms with Crippen molar-refractivity contribution in [1.29, 1.82) is 0 Å². The Labute approximate surface area is 209 Å². The van der Waals surface area contributed by atoms with Crippen molar-refractivity contribution in [1.82, 2.24) is 14.8 Å². The second kappa shape index (κ2) is 11.4. The summed E-state index contributed by atoms with van der Waals surface area (Å²) >= 11 is 7.84. The van der Waals surface area contributed by atoms with Crippen molar-refractivity contribution in [3.05, 3.63) is 94.5 Å². The fourth-order valence-corrected chi connectivity index (χ4v) is 4.81. The minimum Gasteiger partial charge on any atom is -0.325 e. The Kier molecular flexibility index (Phi) is 8.03. The number of carbonyl (C=O) groups excluding carboxylic acids is 1. The predicted molar refractivity (Wildman–Crippen MR) is 141 cm³/mol. The molecule has 1 aromatic heterocycles. The standard InChI is InChI=1S/C27H27ClN4OS/c1-3-20-13-10-14-21(4-2)25(20)29-24(33)18-34-27-31-30-26(22-15-8-9-16-23(22)28)32(27)17-19-11-6-5-7-12-19/h5-16H,3-4,17-18H2,1-2H3,(H,29,33). The molecule has 4 aromatic rings. The number of amides is 1. The molecule has 0 aliphatic rings. The van der Waals surface area contributed by atoms with Crippen LogP contribution in [0.1, 0.15) is 30.5 Å². The summed E-state index contributed by atoms with van der Waals surface area (Å²) in [7, 11) is 0. The van der Waals surface area contributed by atoms with Crippen LogP contribution in [0.25, 0.3) is 11.4 Å². The highest BCUT2D eigenvalue weighted by molar-refractivity contribution is 7.99. The first-order valence-corrected chi connectivity index (χ1v) is 12.7. The van der Waals surface area contributed by atoms with Crippen LogP contribution in [0.2, 0.25) is 5.02 Å². The average molecular weight is 491 g/mol. The highest BCUT2D eigenvalue weighted by Crippen LogP contribution is 2.30. The number of nitrogens with zero attached hydrogens (tertiary/aromatic N) is 3. The number of aromatic nitrogens is 3. The molecule has 0 atom stereocenters. The van der Waals surface area contributed by atoms with Gasteiger partial charge in [-0.25, -0.2) is 0 Å². The Morgan fingerprint density at radius 2 is 1.59 bits per heavy atom. The number of halogens is 1. The first kappa shape index (κ1) is 24.0. The maximum absolute atomic E-state index is 12.9. The van der Waals surface area contributed by atoms with Crippen LogP contribution in [0.4, 0.5) is 5.69 Å². The Bertz CT molecular complexity index is 1250. The zero-order valence-electron chi connectivity index (χ0n) is 19.3. The van der Waals surface area contributed by atoms with Crippen LogP contribution in [0.5, 0.6) is 0 Å². The van der Waals surface area contributed by atoms with E-state index in [-0.39, 0.29) is 11.7 Å². The van der Waals surface area contributed by atoms with E-state index in [1.165, 1.54) is 11.8 Å². The van der Waals surface area contributed by atoms with Crippen molar-refractivity contribution < 1.29 is 4.79 Å². The lowest BCUT2D eigenvalue weighted by molar-refractivity contribution is -0.113. The Morgan fingerprint density at radius 1 is 0.912 bits per heavy atom. The maximum atomic E-state index is 12.9. The Balaban J connectivity index is 1.58. The van der Waals surface area contributed by atoms with Gasteiger partial charge in [0.15, 0.2) is 11.0 Å². The van der Waals surface area contributed by atoms with Gasteiger partial charge < -0.3 is 5.32 Å². The summed E-state index contributed by atoms with van der Waals surface area (Å²) in [5.41, 5.74) is 5.15. The average Bonchev–Trinajstić information content (AvgIpc) is 3.25. The number of thioether (sulfide) groups is 1. The van der Waals surface area contributed by atoms with E-state index >= 15 is 0 Å². The van der Waals surface area contributed by atoms with Crippen molar-refractivity contribution in [3.63, 3.8) is 0 Å². The van der Waals surface area contributed by atoms with Crippen LogP contribution in [0.3, 0.4) is 0 Å². The molecule has 34 heavy (non-hydrogen) atoms. The van der Waals surface area contributed by atoms with Crippen molar-refractivity contribution in [3.8, 4) is 11.4 Å². The molecule has 0 fully saturated rings. The lowest BCUT2D eigenvalue weighted by Gasteiger charge is -2.14. The summed E-state index contributed by atoms with van der Waals surface area (Å²) in [4.78, 5) is 12.9. The van der Waals surface area contributed by atoms with E-state index in [0.29, 0.717) is 22.5 Å². The van der Waals surface area contributed by atoms with Crippen LogP contribution >= 0.6 is 23.4 Å². The van der Waals surface area contributed by atoms with Crippen LogP contribution in [0.15, 0.2) is 78.0 Å². The Hall–Kier alpha value is -3.09. The van der Waals surface area contributed by atoms with Gasteiger partial charge in [-0.3, -0.25) is 9.36 Å².